The van der Waals surface area contributed by atoms with Crippen molar-refractivity contribution in [3.63, 3.8) is 0 Å². The maximum atomic E-state index is 8.65. The van der Waals surface area contributed by atoms with Gasteiger partial charge in [-0.25, -0.2) is 4.98 Å². The van der Waals surface area contributed by atoms with E-state index >= 15 is 0 Å². The van der Waals surface area contributed by atoms with E-state index in [0.717, 1.165) is 0 Å². The van der Waals surface area contributed by atoms with Crippen LogP contribution in [0, 0.1) is 0 Å². The van der Waals surface area contributed by atoms with E-state index in [1.165, 1.54) is 11.3 Å². The van der Waals surface area contributed by atoms with Crippen LogP contribution in [0.15, 0.2) is 5.38 Å². The fourth-order valence-corrected chi connectivity index (χ4v) is 1.32. The highest BCUT2D eigenvalue weighted by atomic mass is 32.1. The van der Waals surface area contributed by atoms with Gasteiger partial charge in [0, 0.05) is 5.38 Å². The molecule has 0 amide bonds. The molecule has 11 heavy (non-hydrogen) atoms. The first-order valence-corrected chi connectivity index (χ1v) is 4.06. The Labute approximate surface area is 68.6 Å². The van der Waals surface area contributed by atoms with E-state index in [2.05, 4.69) is 4.98 Å². The predicted molar refractivity (Wildman–Crippen MR) is 43.1 cm³/mol. The molecular weight excluding hydrogens is 165 g/mol. The lowest BCUT2D eigenvalue weighted by atomic mass is 9.88. The lowest BCUT2D eigenvalue weighted by Gasteiger charge is -1.93. The van der Waals surface area contributed by atoms with Crippen molar-refractivity contribution in [2.24, 2.45) is 0 Å². The molecule has 0 aliphatic rings. The van der Waals surface area contributed by atoms with Crippen molar-refractivity contribution in [1.82, 2.24) is 4.98 Å². The number of nitrogens with zero attached hydrogens (tertiary/aromatic N) is 1. The molecule has 0 aromatic carbocycles. The summed E-state index contributed by atoms with van der Waals surface area (Å²) in [5.41, 5.74) is 0.235. The minimum absolute atomic E-state index is 0.235. The Morgan fingerprint density at radius 2 is 2.45 bits per heavy atom. The Morgan fingerprint density at radius 1 is 1.73 bits per heavy atom. The molecule has 0 atom stereocenters. The smallest absolute Gasteiger partial charge is 0.470 e. The van der Waals surface area contributed by atoms with Crippen LogP contribution in [0.25, 0.3) is 0 Å². The van der Waals surface area contributed by atoms with Crippen molar-refractivity contribution in [1.29, 1.82) is 0 Å². The summed E-state index contributed by atoms with van der Waals surface area (Å²) >= 11 is 1.25. The Hall–Kier alpha value is -0.585. The van der Waals surface area contributed by atoms with Crippen molar-refractivity contribution in [3.8, 4) is 5.19 Å². The van der Waals surface area contributed by atoms with Crippen LogP contribution < -0.4 is 10.3 Å². The number of ether oxygens (including phenoxy) is 1. The largest absolute Gasteiger partial charge is 0.509 e. The zero-order valence-corrected chi connectivity index (χ0v) is 6.84. The highest BCUT2D eigenvalue weighted by Crippen LogP contribution is 2.11. The van der Waals surface area contributed by atoms with E-state index in [0.29, 0.717) is 11.8 Å². The lowest BCUT2D eigenvalue weighted by Crippen LogP contribution is -2.30. The van der Waals surface area contributed by atoms with Gasteiger partial charge in [0.2, 0.25) is 0 Å². The van der Waals surface area contributed by atoms with Gasteiger partial charge >= 0.3 is 7.12 Å². The zero-order chi connectivity index (χ0) is 8.27. The topological polar surface area (TPSA) is 62.6 Å². The molecule has 1 rings (SSSR count). The van der Waals surface area contributed by atoms with Crippen LogP contribution in [0.5, 0.6) is 5.19 Å². The fraction of sp³-hybridized carbons (Fsp3) is 0.400. The summed E-state index contributed by atoms with van der Waals surface area (Å²) in [6.07, 6.45) is 0. The van der Waals surface area contributed by atoms with Gasteiger partial charge in [0.15, 0.2) is 0 Å². The molecule has 0 radical (unpaired) electrons. The Kier molecular flexibility index (Phi) is 2.87. The average Bonchev–Trinajstić information content (AvgIpc) is 2.37. The van der Waals surface area contributed by atoms with Gasteiger partial charge in [0.1, 0.15) is 0 Å². The Bertz CT molecular complexity index is 227. The lowest BCUT2D eigenvalue weighted by molar-refractivity contribution is 0.338. The molecule has 1 aromatic rings. The van der Waals surface area contributed by atoms with Crippen molar-refractivity contribution in [2.75, 3.05) is 6.61 Å². The van der Waals surface area contributed by atoms with Gasteiger partial charge in [-0.05, 0) is 6.92 Å². The van der Waals surface area contributed by atoms with Gasteiger partial charge in [-0.1, -0.05) is 11.3 Å². The first kappa shape index (κ1) is 8.51. The van der Waals surface area contributed by atoms with Crippen LogP contribution >= 0.6 is 11.3 Å². The van der Waals surface area contributed by atoms with Gasteiger partial charge in [-0.3, -0.25) is 0 Å². The van der Waals surface area contributed by atoms with Gasteiger partial charge < -0.3 is 14.8 Å². The summed E-state index contributed by atoms with van der Waals surface area (Å²) in [5.74, 6) is 0. The van der Waals surface area contributed by atoms with Gasteiger partial charge in [-0.15, -0.1) is 0 Å². The SMILES string of the molecule is CCOc1nc(B(O)O)cs1. The minimum Gasteiger partial charge on any atom is -0.470 e. The molecule has 4 nitrogen and oxygen atoms in total. The third kappa shape index (κ3) is 2.18. The molecule has 1 heterocycles. The quantitative estimate of drug-likeness (QED) is 0.588. The molecule has 6 heteroatoms. The van der Waals surface area contributed by atoms with Gasteiger partial charge in [-0.2, -0.15) is 0 Å². The van der Waals surface area contributed by atoms with E-state index < -0.39 is 7.12 Å². The molecule has 0 fully saturated rings. The number of hydrogen-bond donors (Lipinski definition) is 2. The summed E-state index contributed by atoms with van der Waals surface area (Å²) in [5, 5.41) is 19.3. The van der Waals surface area contributed by atoms with Crippen LogP contribution in [0.3, 0.4) is 0 Å². The van der Waals surface area contributed by atoms with Crippen molar-refractivity contribution in [2.45, 2.75) is 6.92 Å². The minimum atomic E-state index is -1.50. The van der Waals surface area contributed by atoms with Crippen LogP contribution in [0.4, 0.5) is 0 Å². The van der Waals surface area contributed by atoms with Crippen LogP contribution in [-0.4, -0.2) is 28.8 Å². The monoisotopic (exact) mass is 173 g/mol. The first-order valence-electron chi connectivity index (χ1n) is 3.18. The van der Waals surface area contributed by atoms with E-state index in [-0.39, 0.29) is 5.59 Å². The maximum Gasteiger partial charge on any atom is 0.509 e. The van der Waals surface area contributed by atoms with E-state index in [1.807, 2.05) is 6.92 Å². The summed E-state index contributed by atoms with van der Waals surface area (Å²) in [4.78, 5) is 3.80. The summed E-state index contributed by atoms with van der Waals surface area (Å²) < 4.78 is 5.02. The molecule has 0 saturated carbocycles. The molecule has 0 saturated heterocycles. The Balaban J connectivity index is 2.66. The van der Waals surface area contributed by atoms with Crippen LogP contribution in [-0.2, 0) is 0 Å². The molecule has 0 spiro atoms. The van der Waals surface area contributed by atoms with Crippen LogP contribution in [0.2, 0.25) is 0 Å². The maximum absolute atomic E-state index is 8.65. The predicted octanol–water partition coefficient (Wildman–Crippen LogP) is -0.778. The standard InChI is InChI=1S/C5H8BNO3S/c1-2-10-5-7-4(3-11-5)6(8)9/h3,8-9H,2H2,1H3. The molecule has 1 aromatic heterocycles. The molecule has 0 aliphatic carbocycles. The first-order chi connectivity index (χ1) is 5.24. The average molecular weight is 173 g/mol. The van der Waals surface area contributed by atoms with Crippen molar-refractivity contribution in [3.05, 3.63) is 5.38 Å². The number of aromatic nitrogens is 1. The second kappa shape index (κ2) is 3.70. The third-order valence-electron chi connectivity index (χ3n) is 1.03. The normalized spacial score (nSPS) is 9.73. The number of thiazole rings is 1. The third-order valence-corrected chi connectivity index (χ3v) is 1.80. The second-order valence-electron chi connectivity index (χ2n) is 1.84. The molecule has 0 aliphatic heterocycles. The molecule has 2 N–H and O–H groups in total. The molecule has 0 bridgehead atoms. The van der Waals surface area contributed by atoms with E-state index in [4.69, 9.17) is 14.8 Å². The highest BCUT2D eigenvalue weighted by Gasteiger charge is 2.15. The van der Waals surface area contributed by atoms with E-state index in [9.17, 15) is 0 Å². The van der Waals surface area contributed by atoms with Crippen molar-refractivity contribution < 1.29 is 14.8 Å². The zero-order valence-electron chi connectivity index (χ0n) is 6.02. The number of hydrogen-bond acceptors (Lipinski definition) is 5. The Morgan fingerprint density at radius 3 is 2.91 bits per heavy atom. The van der Waals surface area contributed by atoms with Gasteiger partial charge in [0.05, 0.1) is 12.2 Å². The van der Waals surface area contributed by atoms with Gasteiger partial charge in [0.25, 0.3) is 5.19 Å². The molecule has 60 valence electrons. The van der Waals surface area contributed by atoms with Crippen molar-refractivity contribution >= 4 is 24.0 Å². The van der Waals surface area contributed by atoms with Crippen LogP contribution in [0.1, 0.15) is 6.92 Å². The summed E-state index contributed by atoms with van der Waals surface area (Å²) in [6, 6.07) is 0. The summed E-state index contributed by atoms with van der Waals surface area (Å²) in [7, 11) is -1.50. The molecular formula is C5H8BNO3S. The highest BCUT2D eigenvalue weighted by molar-refractivity contribution is 7.12. The molecule has 0 unspecified atom stereocenters. The second-order valence-corrected chi connectivity index (χ2v) is 2.67. The number of rotatable bonds is 3. The summed E-state index contributed by atoms with van der Waals surface area (Å²) in [6.45, 7) is 2.38. The van der Waals surface area contributed by atoms with E-state index in [1.54, 1.807) is 5.38 Å². The fourth-order valence-electron chi connectivity index (χ4n) is 0.577.